The normalized spacial score (nSPS) is 15.1. The van der Waals surface area contributed by atoms with Gasteiger partial charge in [0.15, 0.2) is 0 Å². The lowest BCUT2D eigenvalue weighted by atomic mass is 10.1. The highest BCUT2D eigenvalue weighted by molar-refractivity contribution is 9.10. The van der Waals surface area contributed by atoms with Gasteiger partial charge in [0.1, 0.15) is 11.6 Å². The van der Waals surface area contributed by atoms with Crippen LogP contribution in [-0.4, -0.2) is 9.67 Å². The highest BCUT2D eigenvalue weighted by atomic mass is 79.9. The molecule has 0 saturated heterocycles. The standard InChI is InChI=1S/C14H13BrFNO2/c1-2-8-13(15)10(16)5-9-11(18)6-12(19)17(14(8)9)7-3-4-7/h5-7,18H,2-4H2,1H3. The average molecular weight is 326 g/mol. The molecule has 100 valence electrons. The Balaban J connectivity index is 2.54. The quantitative estimate of drug-likeness (QED) is 0.918. The molecule has 0 spiro atoms. The Morgan fingerprint density at radius 2 is 2.16 bits per heavy atom. The average Bonchev–Trinajstić information content (AvgIpc) is 3.17. The van der Waals surface area contributed by atoms with Crippen LogP contribution in [0, 0.1) is 5.82 Å². The van der Waals surface area contributed by atoms with Crippen molar-refractivity contribution in [2.75, 3.05) is 0 Å². The maximum Gasteiger partial charge on any atom is 0.255 e. The number of nitrogens with zero attached hydrogens (tertiary/aromatic N) is 1. The number of aromatic hydroxyl groups is 1. The molecule has 0 atom stereocenters. The summed E-state index contributed by atoms with van der Waals surface area (Å²) in [6.07, 6.45) is 2.50. The second-order valence-corrected chi connectivity index (χ2v) is 5.66. The number of aryl methyl sites for hydroxylation is 1. The van der Waals surface area contributed by atoms with E-state index in [1.165, 1.54) is 12.1 Å². The molecule has 2 aromatic rings. The monoisotopic (exact) mass is 325 g/mol. The van der Waals surface area contributed by atoms with E-state index >= 15 is 0 Å². The zero-order chi connectivity index (χ0) is 13.7. The third kappa shape index (κ3) is 1.87. The van der Waals surface area contributed by atoms with Crippen LogP contribution in [0.3, 0.4) is 0 Å². The fourth-order valence-electron chi connectivity index (χ4n) is 2.53. The molecule has 1 fully saturated rings. The molecule has 1 aliphatic rings. The first kappa shape index (κ1) is 12.7. The summed E-state index contributed by atoms with van der Waals surface area (Å²) in [7, 11) is 0. The van der Waals surface area contributed by atoms with Gasteiger partial charge in [0.05, 0.1) is 9.99 Å². The van der Waals surface area contributed by atoms with E-state index < -0.39 is 5.82 Å². The number of hydrogen-bond donors (Lipinski definition) is 1. The van der Waals surface area contributed by atoms with E-state index in [2.05, 4.69) is 15.9 Å². The summed E-state index contributed by atoms with van der Waals surface area (Å²) in [5.74, 6) is -0.571. The lowest BCUT2D eigenvalue weighted by Crippen LogP contribution is -2.19. The molecule has 1 saturated carbocycles. The summed E-state index contributed by atoms with van der Waals surface area (Å²) in [5.41, 5.74) is 1.17. The number of hydrogen-bond acceptors (Lipinski definition) is 2. The summed E-state index contributed by atoms with van der Waals surface area (Å²) in [6, 6.07) is 2.64. The summed E-state index contributed by atoms with van der Waals surface area (Å²) in [5, 5.41) is 10.3. The van der Waals surface area contributed by atoms with E-state index in [1.807, 2.05) is 6.92 Å². The summed E-state index contributed by atoms with van der Waals surface area (Å²) in [6.45, 7) is 1.91. The van der Waals surface area contributed by atoms with Gasteiger partial charge in [-0.05, 0) is 46.8 Å². The van der Waals surface area contributed by atoms with Gasteiger partial charge >= 0.3 is 0 Å². The molecule has 1 N–H and O–H groups in total. The van der Waals surface area contributed by atoms with Crippen molar-refractivity contribution in [3.63, 3.8) is 0 Å². The van der Waals surface area contributed by atoms with E-state index in [1.54, 1.807) is 4.57 Å². The molecule has 3 nitrogen and oxygen atoms in total. The molecular weight excluding hydrogens is 313 g/mol. The number of pyridine rings is 1. The molecule has 0 bridgehead atoms. The molecular formula is C14H13BrFNO2. The predicted molar refractivity (Wildman–Crippen MR) is 75.2 cm³/mol. The van der Waals surface area contributed by atoms with Crippen LogP contribution in [0.5, 0.6) is 5.75 Å². The van der Waals surface area contributed by atoms with Crippen LogP contribution in [0.25, 0.3) is 10.9 Å². The lowest BCUT2D eigenvalue weighted by Gasteiger charge is -2.15. The first-order valence-electron chi connectivity index (χ1n) is 6.29. The zero-order valence-corrected chi connectivity index (χ0v) is 12.0. The first-order chi connectivity index (χ1) is 9.04. The molecule has 19 heavy (non-hydrogen) atoms. The molecule has 1 aromatic heterocycles. The fraction of sp³-hybridized carbons (Fsp3) is 0.357. The van der Waals surface area contributed by atoms with Crippen molar-refractivity contribution in [1.82, 2.24) is 4.57 Å². The van der Waals surface area contributed by atoms with Crippen LogP contribution in [0.2, 0.25) is 0 Å². The topological polar surface area (TPSA) is 42.2 Å². The molecule has 3 rings (SSSR count). The van der Waals surface area contributed by atoms with Crippen molar-refractivity contribution in [3.8, 4) is 5.75 Å². The minimum Gasteiger partial charge on any atom is -0.507 e. The number of rotatable bonds is 2. The SMILES string of the molecule is CCc1c(Br)c(F)cc2c(O)cc(=O)n(C3CC3)c12. The number of halogens is 2. The molecule has 1 heterocycles. The minimum absolute atomic E-state index is 0.155. The Morgan fingerprint density at radius 3 is 2.74 bits per heavy atom. The second kappa shape index (κ2) is 4.34. The van der Waals surface area contributed by atoms with Crippen LogP contribution < -0.4 is 5.56 Å². The van der Waals surface area contributed by atoms with E-state index in [0.717, 1.165) is 18.4 Å². The number of fused-ring (bicyclic) bond motifs is 1. The summed E-state index contributed by atoms with van der Waals surface area (Å²) in [4.78, 5) is 12.1. The first-order valence-corrected chi connectivity index (χ1v) is 7.09. The largest absolute Gasteiger partial charge is 0.507 e. The summed E-state index contributed by atoms with van der Waals surface area (Å²) < 4.78 is 15.9. The van der Waals surface area contributed by atoms with E-state index in [9.17, 15) is 14.3 Å². The van der Waals surface area contributed by atoms with E-state index in [-0.39, 0.29) is 17.4 Å². The van der Waals surface area contributed by atoms with Gasteiger partial charge in [-0.25, -0.2) is 4.39 Å². The van der Waals surface area contributed by atoms with Gasteiger partial charge in [-0.15, -0.1) is 0 Å². The van der Waals surface area contributed by atoms with Crippen LogP contribution in [0.4, 0.5) is 4.39 Å². The highest BCUT2D eigenvalue weighted by Gasteiger charge is 2.28. The van der Waals surface area contributed by atoms with Gasteiger partial charge < -0.3 is 9.67 Å². The van der Waals surface area contributed by atoms with Gasteiger partial charge in [0.2, 0.25) is 0 Å². The van der Waals surface area contributed by atoms with Crippen molar-refractivity contribution in [3.05, 3.63) is 38.3 Å². The Hall–Kier alpha value is -1.36. The number of aromatic nitrogens is 1. The van der Waals surface area contributed by atoms with Gasteiger partial charge in [0.25, 0.3) is 5.56 Å². The Kier molecular flexibility index (Phi) is 2.89. The van der Waals surface area contributed by atoms with Crippen molar-refractivity contribution >= 4 is 26.8 Å². The van der Waals surface area contributed by atoms with Gasteiger partial charge in [-0.2, -0.15) is 0 Å². The smallest absolute Gasteiger partial charge is 0.255 e. The highest BCUT2D eigenvalue weighted by Crippen LogP contribution is 2.40. The Labute approximate surface area is 117 Å². The fourth-order valence-corrected chi connectivity index (χ4v) is 3.11. The van der Waals surface area contributed by atoms with Crippen molar-refractivity contribution in [2.45, 2.75) is 32.2 Å². The summed E-state index contributed by atoms with van der Waals surface area (Å²) >= 11 is 3.24. The van der Waals surface area contributed by atoms with Crippen molar-refractivity contribution in [2.24, 2.45) is 0 Å². The molecule has 0 aliphatic heterocycles. The molecule has 0 unspecified atom stereocenters. The second-order valence-electron chi connectivity index (χ2n) is 4.87. The van der Waals surface area contributed by atoms with Crippen molar-refractivity contribution < 1.29 is 9.50 Å². The minimum atomic E-state index is -0.416. The predicted octanol–water partition coefficient (Wildman–Crippen LogP) is 3.51. The maximum absolute atomic E-state index is 13.9. The van der Waals surface area contributed by atoms with Gasteiger partial charge in [0, 0.05) is 17.5 Å². The van der Waals surface area contributed by atoms with Crippen LogP contribution in [0.15, 0.2) is 21.4 Å². The third-order valence-corrected chi connectivity index (χ3v) is 4.42. The molecule has 0 radical (unpaired) electrons. The van der Waals surface area contributed by atoms with Gasteiger partial charge in [-0.3, -0.25) is 4.79 Å². The van der Waals surface area contributed by atoms with E-state index in [0.29, 0.717) is 21.8 Å². The molecule has 0 amide bonds. The van der Waals surface area contributed by atoms with Crippen LogP contribution in [-0.2, 0) is 6.42 Å². The molecule has 1 aliphatic carbocycles. The Bertz CT molecular complexity index is 735. The number of benzene rings is 1. The lowest BCUT2D eigenvalue weighted by molar-refractivity contribution is 0.478. The van der Waals surface area contributed by atoms with Crippen molar-refractivity contribution in [1.29, 1.82) is 0 Å². The maximum atomic E-state index is 13.9. The van der Waals surface area contributed by atoms with Gasteiger partial charge in [-0.1, -0.05) is 6.92 Å². The Morgan fingerprint density at radius 1 is 1.47 bits per heavy atom. The zero-order valence-electron chi connectivity index (χ0n) is 10.4. The molecule has 5 heteroatoms. The van der Waals surface area contributed by atoms with E-state index in [4.69, 9.17) is 0 Å². The van der Waals surface area contributed by atoms with Crippen LogP contribution in [0.1, 0.15) is 31.4 Å². The van der Waals surface area contributed by atoms with Crippen LogP contribution >= 0.6 is 15.9 Å². The molecule has 1 aromatic carbocycles. The third-order valence-electron chi connectivity index (χ3n) is 3.57.